The summed E-state index contributed by atoms with van der Waals surface area (Å²) in [5.74, 6) is -0.268. The molecule has 1 amide bonds. The summed E-state index contributed by atoms with van der Waals surface area (Å²) in [6, 6.07) is 0. The third-order valence-electron chi connectivity index (χ3n) is 5.03. The Labute approximate surface area is 146 Å². The quantitative estimate of drug-likeness (QED) is 0.541. The van der Waals surface area contributed by atoms with Crippen LogP contribution in [0, 0.1) is 0 Å². The van der Waals surface area contributed by atoms with Gasteiger partial charge in [-0.05, 0) is 45.5 Å². The number of hydrogen-bond acceptors (Lipinski definition) is 7. The highest BCUT2D eigenvalue weighted by atomic mass is 32.2. The standard InChI is InChI=1S/C16H24N4O3S/c1-15(20-12(21)11-9-18-14(24-2)19-10-11)5-8-23-16(13(15)22)3-6-17-7-4-16/h9-10,13,17,22H,3-8H2,1-2H3,(H,20,21)/t13-,15+/m0/s1. The van der Waals surface area contributed by atoms with Gasteiger partial charge in [0.15, 0.2) is 5.16 Å². The van der Waals surface area contributed by atoms with Crippen molar-refractivity contribution in [3.8, 4) is 0 Å². The predicted molar refractivity (Wildman–Crippen MR) is 91.1 cm³/mol. The van der Waals surface area contributed by atoms with E-state index < -0.39 is 17.2 Å². The molecule has 24 heavy (non-hydrogen) atoms. The molecule has 132 valence electrons. The fraction of sp³-hybridized carbons (Fsp3) is 0.688. The Morgan fingerprint density at radius 1 is 1.38 bits per heavy atom. The van der Waals surface area contributed by atoms with Gasteiger partial charge in [0, 0.05) is 19.0 Å². The number of amides is 1. The number of hydrogen-bond donors (Lipinski definition) is 3. The van der Waals surface area contributed by atoms with E-state index in [1.165, 1.54) is 24.2 Å². The minimum Gasteiger partial charge on any atom is -0.388 e. The normalized spacial score (nSPS) is 29.4. The van der Waals surface area contributed by atoms with Gasteiger partial charge in [0.2, 0.25) is 0 Å². The zero-order valence-electron chi connectivity index (χ0n) is 14.0. The minimum absolute atomic E-state index is 0.268. The fourth-order valence-corrected chi connectivity index (χ4v) is 3.85. The van der Waals surface area contributed by atoms with Crippen molar-refractivity contribution < 1.29 is 14.6 Å². The van der Waals surface area contributed by atoms with E-state index in [2.05, 4.69) is 20.6 Å². The van der Waals surface area contributed by atoms with Crippen molar-refractivity contribution in [2.75, 3.05) is 26.0 Å². The van der Waals surface area contributed by atoms with Crippen LogP contribution in [0.1, 0.15) is 36.5 Å². The molecular weight excluding hydrogens is 328 g/mol. The average molecular weight is 352 g/mol. The molecule has 2 aliphatic heterocycles. The van der Waals surface area contributed by atoms with Crippen LogP contribution in [-0.2, 0) is 4.74 Å². The van der Waals surface area contributed by atoms with E-state index in [1.54, 1.807) is 0 Å². The van der Waals surface area contributed by atoms with Crippen LogP contribution in [-0.4, -0.2) is 64.2 Å². The Balaban J connectivity index is 1.75. The summed E-state index contributed by atoms with van der Waals surface area (Å²) >= 11 is 1.42. The molecule has 7 nitrogen and oxygen atoms in total. The minimum atomic E-state index is -0.754. The molecule has 2 fully saturated rings. The maximum Gasteiger partial charge on any atom is 0.254 e. The molecule has 1 aromatic rings. The highest BCUT2D eigenvalue weighted by molar-refractivity contribution is 7.98. The Bertz CT molecular complexity index is 586. The number of piperidine rings is 1. The van der Waals surface area contributed by atoms with Crippen LogP contribution in [0.4, 0.5) is 0 Å². The van der Waals surface area contributed by atoms with Crippen LogP contribution < -0.4 is 10.6 Å². The first-order valence-electron chi connectivity index (χ1n) is 8.20. The Hall–Kier alpha value is -1.22. The van der Waals surface area contributed by atoms with Gasteiger partial charge in [-0.2, -0.15) is 0 Å². The first kappa shape index (κ1) is 17.6. The maximum absolute atomic E-state index is 12.6. The Kier molecular flexibility index (Phi) is 5.10. The molecule has 0 aliphatic carbocycles. The monoisotopic (exact) mass is 352 g/mol. The smallest absolute Gasteiger partial charge is 0.254 e. The van der Waals surface area contributed by atoms with Crippen LogP contribution >= 0.6 is 11.8 Å². The van der Waals surface area contributed by atoms with Crippen molar-refractivity contribution in [3.05, 3.63) is 18.0 Å². The summed E-state index contributed by atoms with van der Waals surface area (Å²) in [6.45, 7) is 4.03. The molecule has 0 unspecified atom stereocenters. The molecule has 1 aromatic heterocycles. The van der Waals surface area contributed by atoms with Crippen molar-refractivity contribution in [1.29, 1.82) is 0 Å². The summed E-state index contributed by atoms with van der Waals surface area (Å²) in [7, 11) is 0. The molecule has 3 heterocycles. The van der Waals surface area contributed by atoms with Gasteiger partial charge in [0.05, 0.1) is 16.7 Å². The molecule has 0 radical (unpaired) electrons. The van der Waals surface area contributed by atoms with Crippen LogP contribution in [0.3, 0.4) is 0 Å². The van der Waals surface area contributed by atoms with Crippen LogP contribution in [0.25, 0.3) is 0 Å². The van der Waals surface area contributed by atoms with Gasteiger partial charge in [0.25, 0.3) is 5.91 Å². The zero-order chi connectivity index (χ0) is 17.2. The highest BCUT2D eigenvalue weighted by Gasteiger charge is 2.53. The average Bonchev–Trinajstić information content (AvgIpc) is 2.61. The van der Waals surface area contributed by atoms with Gasteiger partial charge >= 0.3 is 0 Å². The summed E-state index contributed by atoms with van der Waals surface area (Å²) < 4.78 is 5.96. The summed E-state index contributed by atoms with van der Waals surface area (Å²) in [4.78, 5) is 20.8. The van der Waals surface area contributed by atoms with Crippen molar-refractivity contribution in [1.82, 2.24) is 20.6 Å². The van der Waals surface area contributed by atoms with Crippen LogP contribution in [0.15, 0.2) is 17.6 Å². The molecule has 1 spiro atoms. The Morgan fingerprint density at radius 2 is 2.04 bits per heavy atom. The molecule has 8 heteroatoms. The molecule has 0 aromatic carbocycles. The van der Waals surface area contributed by atoms with Gasteiger partial charge in [-0.3, -0.25) is 4.79 Å². The third kappa shape index (κ3) is 3.28. The molecule has 2 atom stereocenters. The summed E-state index contributed by atoms with van der Waals surface area (Å²) in [5.41, 5.74) is -0.914. The molecule has 2 saturated heterocycles. The zero-order valence-corrected chi connectivity index (χ0v) is 14.9. The lowest BCUT2D eigenvalue weighted by atomic mass is 9.73. The van der Waals surface area contributed by atoms with Gasteiger partial charge < -0.3 is 20.5 Å². The van der Waals surface area contributed by atoms with Crippen LogP contribution in [0.5, 0.6) is 0 Å². The number of nitrogens with one attached hydrogen (secondary N) is 2. The SMILES string of the molecule is CSc1ncc(C(=O)N[C@]2(C)CCOC3(CCNCC3)[C@H]2O)cn1. The van der Waals surface area contributed by atoms with Gasteiger partial charge in [-0.25, -0.2) is 9.97 Å². The van der Waals surface area contributed by atoms with Crippen molar-refractivity contribution in [3.63, 3.8) is 0 Å². The van der Waals surface area contributed by atoms with Gasteiger partial charge in [-0.1, -0.05) is 11.8 Å². The second-order valence-corrected chi connectivity index (χ2v) is 7.42. The molecule has 0 saturated carbocycles. The molecule has 0 bridgehead atoms. The lowest BCUT2D eigenvalue weighted by molar-refractivity contribution is -0.197. The summed E-state index contributed by atoms with van der Waals surface area (Å²) in [5, 5.41) is 17.9. The fourth-order valence-electron chi connectivity index (χ4n) is 3.53. The number of thioether (sulfide) groups is 1. The second kappa shape index (κ2) is 6.95. The molecular formula is C16H24N4O3S. The number of carbonyl (C=O) groups excluding carboxylic acids is 1. The van der Waals surface area contributed by atoms with Gasteiger partial charge in [0.1, 0.15) is 6.10 Å². The number of ether oxygens (including phenoxy) is 1. The molecule has 2 aliphatic rings. The lowest BCUT2D eigenvalue weighted by Gasteiger charge is -2.52. The number of aliphatic hydroxyl groups excluding tert-OH is 1. The first-order valence-corrected chi connectivity index (χ1v) is 9.43. The lowest BCUT2D eigenvalue weighted by Crippen LogP contribution is -2.69. The number of aromatic nitrogens is 2. The van der Waals surface area contributed by atoms with E-state index in [0.717, 1.165) is 25.9 Å². The molecule has 3 rings (SSSR count). The van der Waals surface area contributed by atoms with Gasteiger partial charge in [-0.15, -0.1) is 0 Å². The van der Waals surface area contributed by atoms with E-state index in [0.29, 0.717) is 23.7 Å². The first-order chi connectivity index (χ1) is 11.5. The van der Waals surface area contributed by atoms with Crippen LogP contribution in [0.2, 0.25) is 0 Å². The number of aliphatic hydroxyl groups is 1. The summed E-state index contributed by atoms with van der Waals surface area (Å²) in [6.07, 6.45) is 6.21. The van der Waals surface area contributed by atoms with Crippen molar-refractivity contribution >= 4 is 17.7 Å². The van der Waals surface area contributed by atoms with E-state index >= 15 is 0 Å². The number of carbonyl (C=O) groups is 1. The van der Waals surface area contributed by atoms with E-state index in [9.17, 15) is 9.90 Å². The highest BCUT2D eigenvalue weighted by Crippen LogP contribution is 2.38. The maximum atomic E-state index is 12.6. The van der Waals surface area contributed by atoms with E-state index in [-0.39, 0.29) is 5.91 Å². The largest absolute Gasteiger partial charge is 0.388 e. The van der Waals surface area contributed by atoms with Crippen molar-refractivity contribution in [2.45, 2.75) is 48.6 Å². The topological polar surface area (TPSA) is 96.4 Å². The van der Waals surface area contributed by atoms with E-state index in [1.807, 2.05) is 13.2 Å². The number of nitrogens with zero attached hydrogens (tertiary/aromatic N) is 2. The number of rotatable bonds is 3. The Morgan fingerprint density at radius 3 is 2.67 bits per heavy atom. The predicted octanol–water partition coefficient (Wildman–Crippen LogP) is 0.590. The van der Waals surface area contributed by atoms with Crippen molar-refractivity contribution in [2.24, 2.45) is 0 Å². The third-order valence-corrected chi connectivity index (χ3v) is 5.61. The second-order valence-electron chi connectivity index (χ2n) is 6.65. The van der Waals surface area contributed by atoms with E-state index in [4.69, 9.17) is 4.74 Å². The molecule has 3 N–H and O–H groups in total.